The Bertz CT molecular complexity index is 1700. The Kier molecular flexibility index (Phi) is 12.3. The molecule has 1 N–H and O–H groups in total. The Morgan fingerprint density at radius 1 is 0.848 bits per heavy atom. The number of para-hydroxylation sites is 2. The van der Waals surface area contributed by atoms with E-state index in [9.17, 15) is 18.0 Å². The molecule has 0 aliphatic heterocycles. The molecule has 0 saturated heterocycles. The van der Waals surface area contributed by atoms with Gasteiger partial charge in [0.05, 0.1) is 17.2 Å². The summed E-state index contributed by atoms with van der Waals surface area (Å²) in [7, 11) is -4.25. The summed E-state index contributed by atoms with van der Waals surface area (Å²) < 4.78 is 35.6. The average molecular weight is 660 g/mol. The smallest absolute Gasteiger partial charge is 0.264 e. The molecule has 0 saturated carbocycles. The summed E-state index contributed by atoms with van der Waals surface area (Å²) >= 11 is 1.50. The number of ether oxygens (including phenoxy) is 1. The number of anilines is 1. The quantitative estimate of drug-likeness (QED) is 0.155. The number of hydrogen-bond acceptors (Lipinski definition) is 6. The number of rotatable bonds is 15. The topological polar surface area (TPSA) is 96.0 Å². The summed E-state index contributed by atoms with van der Waals surface area (Å²) in [4.78, 5) is 30.7. The van der Waals surface area contributed by atoms with E-state index in [2.05, 4.69) is 5.32 Å². The third-order valence-corrected chi connectivity index (χ3v) is 9.97. The molecule has 4 rings (SSSR count). The standard InChI is InChI=1S/C36H41N3O5S2/c1-5-37-36(41)33(24-28-12-8-7-9-13-28)38(25-29-18-16-27(3)17-19-29)35(40)26-39(32-14-10-11-15-34(32)44-6-2)46(42,43)31-22-20-30(45-4)21-23-31/h7-23,33H,5-6,24-26H2,1-4H3,(H,37,41)/t33-/m0/s1. The number of aryl methyl sites for hydroxylation is 1. The fraction of sp³-hybridized carbons (Fsp3) is 0.278. The molecule has 10 heteroatoms. The molecule has 1 atom stereocenters. The third kappa shape index (κ3) is 8.70. The van der Waals surface area contributed by atoms with Crippen LogP contribution in [0, 0.1) is 6.92 Å². The van der Waals surface area contributed by atoms with Crippen molar-refractivity contribution in [2.24, 2.45) is 0 Å². The highest BCUT2D eigenvalue weighted by atomic mass is 32.2. The number of carbonyl (C=O) groups is 2. The molecular weight excluding hydrogens is 619 g/mol. The van der Waals surface area contributed by atoms with Crippen LogP contribution in [-0.2, 0) is 32.6 Å². The van der Waals surface area contributed by atoms with Gasteiger partial charge in [-0.25, -0.2) is 8.42 Å². The molecule has 0 aromatic heterocycles. The van der Waals surface area contributed by atoms with E-state index in [1.807, 2.05) is 81.6 Å². The molecule has 4 aromatic rings. The van der Waals surface area contributed by atoms with Gasteiger partial charge in [0.15, 0.2) is 0 Å². The summed E-state index contributed by atoms with van der Waals surface area (Å²) in [6.45, 7) is 5.85. The van der Waals surface area contributed by atoms with Gasteiger partial charge in [-0.2, -0.15) is 0 Å². The van der Waals surface area contributed by atoms with E-state index in [1.165, 1.54) is 16.7 Å². The van der Waals surface area contributed by atoms with Gasteiger partial charge in [0.1, 0.15) is 18.3 Å². The van der Waals surface area contributed by atoms with Crippen molar-refractivity contribution in [1.29, 1.82) is 0 Å². The molecule has 0 heterocycles. The first-order chi connectivity index (χ1) is 22.2. The lowest BCUT2D eigenvalue weighted by atomic mass is 10.0. The van der Waals surface area contributed by atoms with E-state index in [1.54, 1.807) is 48.5 Å². The lowest BCUT2D eigenvalue weighted by Gasteiger charge is -2.34. The van der Waals surface area contributed by atoms with Crippen molar-refractivity contribution in [2.45, 2.75) is 49.6 Å². The van der Waals surface area contributed by atoms with E-state index < -0.39 is 28.5 Å². The molecule has 2 amide bonds. The lowest BCUT2D eigenvalue weighted by Crippen LogP contribution is -2.53. The summed E-state index contributed by atoms with van der Waals surface area (Å²) in [5, 5.41) is 2.89. The molecule has 0 aliphatic carbocycles. The maximum absolute atomic E-state index is 14.6. The second-order valence-corrected chi connectivity index (χ2v) is 13.4. The molecular formula is C36H41N3O5S2. The monoisotopic (exact) mass is 659 g/mol. The maximum Gasteiger partial charge on any atom is 0.264 e. The summed E-state index contributed by atoms with van der Waals surface area (Å²) in [6.07, 6.45) is 2.17. The Morgan fingerprint density at radius 2 is 1.50 bits per heavy atom. The summed E-state index contributed by atoms with van der Waals surface area (Å²) in [5.74, 6) is -0.510. The van der Waals surface area contributed by atoms with Crippen LogP contribution in [0.4, 0.5) is 5.69 Å². The second-order valence-electron chi connectivity index (χ2n) is 10.7. The second kappa shape index (κ2) is 16.3. The number of carbonyl (C=O) groups excluding carboxylic acids is 2. The highest BCUT2D eigenvalue weighted by molar-refractivity contribution is 7.98. The van der Waals surface area contributed by atoms with Crippen molar-refractivity contribution in [2.75, 3.05) is 30.3 Å². The predicted octanol–water partition coefficient (Wildman–Crippen LogP) is 6.09. The molecule has 242 valence electrons. The lowest BCUT2D eigenvalue weighted by molar-refractivity contribution is -0.140. The number of amides is 2. The molecule has 0 unspecified atom stereocenters. The molecule has 0 radical (unpaired) electrons. The zero-order chi connectivity index (χ0) is 33.1. The van der Waals surface area contributed by atoms with Crippen LogP contribution >= 0.6 is 11.8 Å². The summed E-state index contributed by atoms with van der Waals surface area (Å²) in [5.41, 5.74) is 2.99. The molecule has 0 spiro atoms. The third-order valence-electron chi connectivity index (χ3n) is 7.46. The van der Waals surface area contributed by atoms with E-state index in [0.717, 1.165) is 25.9 Å². The first kappa shape index (κ1) is 34.6. The zero-order valence-corrected chi connectivity index (χ0v) is 28.3. The highest BCUT2D eigenvalue weighted by Crippen LogP contribution is 2.33. The Hall–Kier alpha value is -4.28. The Labute approximate surface area is 276 Å². The van der Waals surface area contributed by atoms with Crippen LogP contribution in [0.25, 0.3) is 0 Å². The van der Waals surface area contributed by atoms with Crippen LogP contribution in [-0.4, -0.2) is 57.1 Å². The van der Waals surface area contributed by atoms with Gasteiger partial charge in [0.25, 0.3) is 10.0 Å². The van der Waals surface area contributed by atoms with Crippen LogP contribution in [0.5, 0.6) is 5.75 Å². The van der Waals surface area contributed by atoms with E-state index in [0.29, 0.717) is 18.9 Å². The molecule has 0 bridgehead atoms. The van der Waals surface area contributed by atoms with Gasteiger partial charge >= 0.3 is 0 Å². The van der Waals surface area contributed by atoms with Crippen molar-refractivity contribution < 1.29 is 22.7 Å². The van der Waals surface area contributed by atoms with Gasteiger partial charge in [-0.15, -0.1) is 11.8 Å². The Balaban J connectivity index is 1.82. The summed E-state index contributed by atoms with van der Waals surface area (Å²) in [6, 6.07) is 29.6. The average Bonchev–Trinajstić information content (AvgIpc) is 3.07. The van der Waals surface area contributed by atoms with Crippen LogP contribution in [0.15, 0.2) is 113 Å². The van der Waals surface area contributed by atoms with Crippen molar-refractivity contribution in [3.8, 4) is 5.75 Å². The first-order valence-electron chi connectivity index (χ1n) is 15.2. The number of nitrogens with zero attached hydrogens (tertiary/aromatic N) is 2. The minimum atomic E-state index is -4.25. The Morgan fingerprint density at radius 3 is 2.13 bits per heavy atom. The highest BCUT2D eigenvalue weighted by Gasteiger charge is 2.35. The van der Waals surface area contributed by atoms with Crippen LogP contribution in [0.3, 0.4) is 0 Å². The maximum atomic E-state index is 14.6. The molecule has 0 aliphatic rings. The SMILES string of the molecule is CCNC(=O)[C@H](Cc1ccccc1)N(Cc1ccc(C)cc1)C(=O)CN(c1ccccc1OCC)S(=O)(=O)c1ccc(SC)cc1. The van der Waals surface area contributed by atoms with Gasteiger partial charge in [-0.3, -0.25) is 13.9 Å². The fourth-order valence-electron chi connectivity index (χ4n) is 5.07. The van der Waals surface area contributed by atoms with Crippen LogP contribution in [0.1, 0.15) is 30.5 Å². The number of thioether (sulfide) groups is 1. The molecule has 8 nitrogen and oxygen atoms in total. The number of sulfonamides is 1. The fourth-order valence-corrected chi connectivity index (χ4v) is 6.90. The molecule has 4 aromatic carbocycles. The van der Waals surface area contributed by atoms with Crippen molar-refractivity contribution in [3.05, 3.63) is 120 Å². The van der Waals surface area contributed by atoms with E-state index in [4.69, 9.17) is 4.74 Å². The van der Waals surface area contributed by atoms with Crippen molar-refractivity contribution in [3.63, 3.8) is 0 Å². The first-order valence-corrected chi connectivity index (χ1v) is 17.9. The van der Waals surface area contributed by atoms with Crippen LogP contribution < -0.4 is 14.4 Å². The predicted molar refractivity (Wildman–Crippen MR) is 185 cm³/mol. The minimum Gasteiger partial charge on any atom is -0.492 e. The zero-order valence-electron chi connectivity index (χ0n) is 26.7. The van der Waals surface area contributed by atoms with Crippen molar-refractivity contribution >= 4 is 39.3 Å². The molecule has 0 fully saturated rings. The largest absolute Gasteiger partial charge is 0.492 e. The number of benzene rings is 4. The number of likely N-dealkylation sites (N-methyl/N-ethyl adjacent to an activating group) is 1. The van der Waals surface area contributed by atoms with Gasteiger partial charge in [-0.05, 0) is 74.6 Å². The van der Waals surface area contributed by atoms with Gasteiger partial charge in [-0.1, -0.05) is 72.3 Å². The van der Waals surface area contributed by atoms with Gasteiger partial charge in [0, 0.05) is 24.4 Å². The normalized spacial score (nSPS) is 11.8. The van der Waals surface area contributed by atoms with Gasteiger partial charge < -0.3 is 15.0 Å². The van der Waals surface area contributed by atoms with E-state index in [-0.39, 0.29) is 29.5 Å². The van der Waals surface area contributed by atoms with Crippen LogP contribution in [0.2, 0.25) is 0 Å². The minimum absolute atomic E-state index is 0.0408. The van der Waals surface area contributed by atoms with Crippen molar-refractivity contribution in [1.82, 2.24) is 10.2 Å². The van der Waals surface area contributed by atoms with E-state index >= 15 is 0 Å². The number of nitrogens with one attached hydrogen (secondary N) is 1. The van der Waals surface area contributed by atoms with Gasteiger partial charge in [0.2, 0.25) is 11.8 Å². The number of hydrogen-bond donors (Lipinski definition) is 1. The molecule has 46 heavy (non-hydrogen) atoms.